The summed E-state index contributed by atoms with van der Waals surface area (Å²) in [5.74, 6) is -0.265. The highest BCUT2D eigenvalue weighted by molar-refractivity contribution is 6.30. The highest BCUT2D eigenvalue weighted by atomic mass is 35.5. The van der Waals surface area contributed by atoms with Crippen molar-refractivity contribution in [1.29, 1.82) is 0 Å². The average Bonchev–Trinajstić information content (AvgIpc) is 2.65. The second kappa shape index (κ2) is 9.18. The van der Waals surface area contributed by atoms with Gasteiger partial charge in [-0.15, -0.1) is 0 Å². The summed E-state index contributed by atoms with van der Waals surface area (Å²) in [6, 6.07) is 10.4. The number of nitrogens with zero attached hydrogens (tertiary/aromatic N) is 2. The fourth-order valence-corrected chi connectivity index (χ4v) is 2.54. The van der Waals surface area contributed by atoms with Crippen LogP contribution >= 0.6 is 11.6 Å². The quantitative estimate of drug-likeness (QED) is 0.825. The maximum Gasteiger partial charge on any atom is 0.242 e. The van der Waals surface area contributed by atoms with Gasteiger partial charge in [-0.25, -0.2) is 0 Å². The van der Waals surface area contributed by atoms with Crippen molar-refractivity contribution in [2.75, 3.05) is 0 Å². The molecule has 5 nitrogen and oxygen atoms in total. The largest absolute Gasteiger partial charge is 0.350 e. The Hall–Kier alpha value is -2.40. The number of pyridine rings is 1. The molecular formula is C19H22ClN3O2. The van der Waals surface area contributed by atoms with Crippen molar-refractivity contribution in [3.8, 4) is 0 Å². The van der Waals surface area contributed by atoms with E-state index in [2.05, 4.69) is 10.3 Å². The molecule has 0 bridgehead atoms. The minimum atomic E-state index is -0.570. The molecular weight excluding hydrogens is 338 g/mol. The van der Waals surface area contributed by atoms with Crippen LogP contribution in [0, 0.1) is 0 Å². The third kappa shape index (κ3) is 5.57. The van der Waals surface area contributed by atoms with Gasteiger partial charge in [-0.2, -0.15) is 0 Å². The number of amides is 2. The average molecular weight is 360 g/mol. The van der Waals surface area contributed by atoms with E-state index in [-0.39, 0.29) is 11.8 Å². The van der Waals surface area contributed by atoms with Crippen LogP contribution < -0.4 is 5.32 Å². The predicted octanol–water partition coefficient (Wildman–Crippen LogP) is 3.18. The second-order valence-corrected chi connectivity index (χ2v) is 6.19. The van der Waals surface area contributed by atoms with Gasteiger partial charge in [0.25, 0.3) is 0 Å². The number of nitrogens with one attached hydrogen (secondary N) is 1. The summed E-state index contributed by atoms with van der Waals surface area (Å²) >= 11 is 5.90. The molecule has 1 N–H and O–H groups in total. The van der Waals surface area contributed by atoms with Crippen LogP contribution in [-0.2, 0) is 22.7 Å². The lowest BCUT2D eigenvalue weighted by atomic mass is 10.1. The maximum absolute atomic E-state index is 12.5. The number of aromatic nitrogens is 1. The third-order valence-electron chi connectivity index (χ3n) is 3.93. The molecule has 0 spiro atoms. The molecule has 0 saturated heterocycles. The van der Waals surface area contributed by atoms with E-state index < -0.39 is 6.04 Å². The van der Waals surface area contributed by atoms with Crippen molar-refractivity contribution in [3.63, 3.8) is 0 Å². The van der Waals surface area contributed by atoms with Crippen molar-refractivity contribution < 1.29 is 9.59 Å². The van der Waals surface area contributed by atoms with Crippen LogP contribution in [0.1, 0.15) is 31.4 Å². The predicted molar refractivity (Wildman–Crippen MR) is 97.8 cm³/mol. The molecule has 25 heavy (non-hydrogen) atoms. The number of hydrogen-bond donors (Lipinski definition) is 1. The zero-order valence-corrected chi connectivity index (χ0v) is 15.2. The summed E-state index contributed by atoms with van der Waals surface area (Å²) in [7, 11) is 0. The number of carbonyl (C=O) groups excluding carboxylic acids is 2. The van der Waals surface area contributed by atoms with Crippen molar-refractivity contribution in [1.82, 2.24) is 15.2 Å². The minimum Gasteiger partial charge on any atom is -0.350 e. The summed E-state index contributed by atoms with van der Waals surface area (Å²) in [5.41, 5.74) is 1.84. The van der Waals surface area contributed by atoms with Gasteiger partial charge in [0.05, 0.1) is 0 Å². The van der Waals surface area contributed by atoms with Gasteiger partial charge in [0.2, 0.25) is 11.8 Å². The lowest BCUT2D eigenvalue weighted by Crippen LogP contribution is -2.47. The van der Waals surface area contributed by atoms with Crippen LogP contribution in [0.15, 0.2) is 48.8 Å². The zero-order chi connectivity index (χ0) is 18.2. The third-order valence-corrected chi connectivity index (χ3v) is 4.18. The van der Waals surface area contributed by atoms with Gasteiger partial charge < -0.3 is 10.2 Å². The summed E-state index contributed by atoms with van der Waals surface area (Å²) in [5, 5.41) is 3.50. The van der Waals surface area contributed by atoms with E-state index in [1.807, 2.05) is 24.3 Å². The minimum absolute atomic E-state index is 0.0704. The second-order valence-electron chi connectivity index (χ2n) is 5.76. The lowest BCUT2D eigenvalue weighted by Gasteiger charge is -2.28. The first kappa shape index (κ1) is 18.9. The van der Waals surface area contributed by atoms with Gasteiger partial charge in [0.15, 0.2) is 0 Å². The number of halogens is 1. The molecule has 1 atom stereocenters. The molecule has 0 radical (unpaired) electrons. The Bertz CT molecular complexity index is 704. The molecule has 0 fully saturated rings. The van der Waals surface area contributed by atoms with Crippen LogP contribution in [0.3, 0.4) is 0 Å². The van der Waals surface area contributed by atoms with E-state index in [0.717, 1.165) is 11.1 Å². The number of carbonyl (C=O) groups is 2. The molecule has 1 aromatic heterocycles. The van der Waals surface area contributed by atoms with Gasteiger partial charge in [-0.1, -0.05) is 36.7 Å². The Labute approximate surface area is 153 Å². The normalized spacial score (nSPS) is 11.6. The number of rotatable bonds is 7. The first-order valence-electron chi connectivity index (χ1n) is 8.21. The van der Waals surface area contributed by atoms with E-state index >= 15 is 0 Å². The van der Waals surface area contributed by atoms with Gasteiger partial charge in [0, 0.05) is 36.9 Å². The number of hydrogen-bond acceptors (Lipinski definition) is 3. The topological polar surface area (TPSA) is 62.3 Å². The van der Waals surface area contributed by atoms with Crippen LogP contribution in [0.4, 0.5) is 0 Å². The molecule has 2 amide bonds. The van der Waals surface area contributed by atoms with Crippen molar-refractivity contribution in [2.24, 2.45) is 0 Å². The van der Waals surface area contributed by atoms with E-state index in [1.54, 1.807) is 43.3 Å². The Morgan fingerprint density at radius 3 is 2.52 bits per heavy atom. The first-order chi connectivity index (χ1) is 12.0. The van der Waals surface area contributed by atoms with Crippen molar-refractivity contribution in [3.05, 3.63) is 64.9 Å². The van der Waals surface area contributed by atoms with Gasteiger partial charge in [-0.05, 0) is 36.2 Å². The van der Waals surface area contributed by atoms with Gasteiger partial charge >= 0.3 is 0 Å². The fraction of sp³-hybridized carbons (Fsp3) is 0.316. The standard InChI is InChI=1S/C19H22ClN3O2/c1-3-18(24)23(13-15-6-8-17(20)9-7-15)14(2)19(25)22-12-16-5-4-10-21-11-16/h4-11,14H,3,12-13H2,1-2H3,(H,22,25)/t14-/m1/s1. The van der Waals surface area contributed by atoms with E-state index in [0.29, 0.717) is 24.5 Å². The van der Waals surface area contributed by atoms with Gasteiger partial charge in [0.1, 0.15) is 6.04 Å². The molecule has 1 aromatic carbocycles. The lowest BCUT2D eigenvalue weighted by molar-refractivity contribution is -0.140. The summed E-state index contributed by atoms with van der Waals surface area (Å²) in [6.45, 7) is 4.27. The van der Waals surface area contributed by atoms with Crippen LogP contribution in [-0.4, -0.2) is 27.7 Å². The SMILES string of the molecule is CCC(=O)N(Cc1ccc(Cl)cc1)[C@H](C)C(=O)NCc1cccnc1. The summed E-state index contributed by atoms with van der Waals surface area (Å²) in [6.07, 6.45) is 3.73. The molecule has 6 heteroatoms. The van der Waals surface area contributed by atoms with Crippen molar-refractivity contribution >= 4 is 23.4 Å². The fourth-order valence-electron chi connectivity index (χ4n) is 2.41. The van der Waals surface area contributed by atoms with Gasteiger partial charge in [-0.3, -0.25) is 14.6 Å². The highest BCUT2D eigenvalue weighted by Gasteiger charge is 2.24. The van der Waals surface area contributed by atoms with Crippen LogP contribution in [0.25, 0.3) is 0 Å². The smallest absolute Gasteiger partial charge is 0.242 e. The Balaban J connectivity index is 2.03. The molecule has 0 saturated carbocycles. The molecule has 0 aliphatic rings. The summed E-state index contributed by atoms with van der Waals surface area (Å²) in [4.78, 5) is 30.4. The first-order valence-corrected chi connectivity index (χ1v) is 8.59. The molecule has 0 unspecified atom stereocenters. The molecule has 132 valence electrons. The Morgan fingerprint density at radius 2 is 1.92 bits per heavy atom. The van der Waals surface area contributed by atoms with Crippen LogP contribution in [0.5, 0.6) is 0 Å². The Kier molecular flexibility index (Phi) is 6.95. The van der Waals surface area contributed by atoms with Crippen LogP contribution in [0.2, 0.25) is 5.02 Å². The maximum atomic E-state index is 12.5. The molecule has 2 rings (SSSR count). The van der Waals surface area contributed by atoms with E-state index in [4.69, 9.17) is 11.6 Å². The molecule has 2 aromatic rings. The molecule has 1 heterocycles. The van der Waals surface area contributed by atoms with E-state index in [1.165, 1.54) is 0 Å². The van der Waals surface area contributed by atoms with E-state index in [9.17, 15) is 9.59 Å². The highest BCUT2D eigenvalue weighted by Crippen LogP contribution is 2.14. The molecule has 0 aliphatic heterocycles. The monoisotopic (exact) mass is 359 g/mol. The Morgan fingerprint density at radius 1 is 1.20 bits per heavy atom. The van der Waals surface area contributed by atoms with Crippen molar-refractivity contribution in [2.45, 2.75) is 39.4 Å². The zero-order valence-electron chi connectivity index (χ0n) is 14.4. The summed E-state index contributed by atoms with van der Waals surface area (Å²) < 4.78 is 0. The number of benzene rings is 1. The molecule has 0 aliphatic carbocycles.